The number of para-hydroxylation sites is 1. The second kappa shape index (κ2) is 6.18. The van der Waals surface area contributed by atoms with Crippen molar-refractivity contribution in [2.45, 2.75) is 0 Å². The van der Waals surface area contributed by atoms with Crippen molar-refractivity contribution in [1.29, 1.82) is 0 Å². The molecule has 0 spiro atoms. The van der Waals surface area contributed by atoms with Gasteiger partial charge in [-0.05, 0) is 36.4 Å². The number of amides is 2. The molecule has 4 N–H and O–H groups in total. The van der Waals surface area contributed by atoms with Gasteiger partial charge >= 0.3 is 0 Å². The summed E-state index contributed by atoms with van der Waals surface area (Å²) in [6.07, 6.45) is 0. The van der Waals surface area contributed by atoms with Crippen LogP contribution in [0.15, 0.2) is 48.5 Å². The molecule has 2 aromatic rings. The fourth-order valence-electron chi connectivity index (χ4n) is 1.66. The number of carbonyl (C=O) groups is 2. The number of hydrazine groups is 1. The number of anilines is 1. The van der Waals surface area contributed by atoms with Gasteiger partial charge in [0, 0.05) is 10.6 Å². The Morgan fingerprint density at radius 1 is 0.950 bits per heavy atom. The minimum absolute atomic E-state index is 0.289. The lowest BCUT2D eigenvalue weighted by Gasteiger charge is -2.09. The molecule has 0 bridgehead atoms. The van der Waals surface area contributed by atoms with Gasteiger partial charge in [-0.3, -0.25) is 15.0 Å². The van der Waals surface area contributed by atoms with Gasteiger partial charge in [-0.2, -0.15) is 0 Å². The SMILES string of the molecule is NNC(=O)c1ccccc1NC(=O)c1ccc(Cl)cc1. The van der Waals surface area contributed by atoms with Crippen LogP contribution in [0.1, 0.15) is 20.7 Å². The molecule has 2 aromatic carbocycles. The lowest BCUT2D eigenvalue weighted by atomic mass is 10.1. The average Bonchev–Trinajstić information content (AvgIpc) is 2.47. The van der Waals surface area contributed by atoms with Crippen LogP contribution in [0.3, 0.4) is 0 Å². The van der Waals surface area contributed by atoms with Crippen LogP contribution in [0.2, 0.25) is 5.02 Å². The van der Waals surface area contributed by atoms with E-state index >= 15 is 0 Å². The Hall–Kier alpha value is -2.37. The molecule has 0 aliphatic heterocycles. The minimum atomic E-state index is -0.475. The Morgan fingerprint density at radius 2 is 1.60 bits per heavy atom. The van der Waals surface area contributed by atoms with Crippen molar-refractivity contribution in [2.75, 3.05) is 5.32 Å². The Morgan fingerprint density at radius 3 is 2.25 bits per heavy atom. The van der Waals surface area contributed by atoms with Crippen molar-refractivity contribution in [1.82, 2.24) is 5.43 Å². The molecule has 0 saturated carbocycles. The molecule has 0 atom stereocenters. The first-order valence-corrected chi connectivity index (χ1v) is 6.16. The van der Waals surface area contributed by atoms with E-state index in [2.05, 4.69) is 5.32 Å². The van der Waals surface area contributed by atoms with E-state index in [0.717, 1.165) is 0 Å². The lowest BCUT2D eigenvalue weighted by Crippen LogP contribution is -2.31. The minimum Gasteiger partial charge on any atom is -0.321 e. The number of benzene rings is 2. The molecule has 0 radical (unpaired) electrons. The molecule has 20 heavy (non-hydrogen) atoms. The molecule has 5 nitrogen and oxygen atoms in total. The Labute approximate surface area is 120 Å². The fraction of sp³-hybridized carbons (Fsp3) is 0. The van der Waals surface area contributed by atoms with E-state index in [1.165, 1.54) is 0 Å². The first-order chi connectivity index (χ1) is 9.61. The molecule has 6 heteroatoms. The molecular weight excluding hydrogens is 278 g/mol. The summed E-state index contributed by atoms with van der Waals surface area (Å²) in [5, 5.41) is 3.21. The summed E-state index contributed by atoms with van der Waals surface area (Å²) in [6.45, 7) is 0. The molecule has 0 fully saturated rings. The molecule has 102 valence electrons. The van der Waals surface area contributed by atoms with E-state index in [4.69, 9.17) is 17.4 Å². The third-order valence-corrected chi connectivity index (χ3v) is 2.91. The maximum absolute atomic E-state index is 12.1. The van der Waals surface area contributed by atoms with Crippen LogP contribution in [-0.2, 0) is 0 Å². The molecule has 0 aliphatic carbocycles. The van der Waals surface area contributed by atoms with Crippen LogP contribution in [0.5, 0.6) is 0 Å². The molecule has 2 rings (SSSR count). The van der Waals surface area contributed by atoms with Crippen molar-refractivity contribution in [3.8, 4) is 0 Å². The second-order valence-corrected chi connectivity index (χ2v) is 4.42. The third-order valence-electron chi connectivity index (χ3n) is 2.66. The summed E-state index contributed by atoms with van der Waals surface area (Å²) < 4.78 is 0. The molecule has 0 unspecified atom stereocenters. The van der Waals surface area contributed by atoms with Crippen molar-refractivity contribution >= 4 is 29.1 Å². The standard InChI is InChI=1S/C14H12ClN3O2/c15-10-7-5-9(6-8-10)13(19)17-12-4-2-1-3-11(12)14(20)18-16/h1-8H,16H2,(H,17,19)(H,18,20). The van der Waals surface area contributed by atoms with E-state index in [1.54, 1.807) is 48.5 Å². The topological polar surface area (TPSA) is 84.2 Å². The lowest BCUT2D eigenvalue weighted by molar-refractivity contribution is 0.0954. The molecule has 0 saturated heterocycles. The molecule has 0 aromatic heterocycles. The summed E-state index contributed by atoms with van der Waals surface area (Å²) in [7, 11) is 0. The van der Waals surface area contributed by atoms with Crippen LogP contribution >= 0.6 is 11.6 Å². The Balaban J connectivity index is 2.24. The summed E-state index contributed by atoms with van der Waals surface area (Å²) in [5.74, 6) is 4.30. The summed E-state index contributed by atoms with van der Waals surface area (Å²) >= 11 is 5.76. The van der Waals surface area contributed by atoms with Gasteiger partial charge in [0.25, 0.3) is 11.8 Å². The molecule has 0 heterocycles. The number of nitrogen functional groups attached to an aromatic ring is 1. The monoisotopic (exact) mass is 289 g/mol. The van der Waals surface area contributed by atoms with Crippen LogP contribution in [0, 0.1) is 0 Å². The van der Waals surface area contributed by atoms with Crippen LogP contribution in [-0.4, -0.2) is 11.8 Å². The van der Waals surface area contributed by atoms with Gasteiger partial charge in [0.05, 0.1) is 11.3 Å². The maximum atomic E-state index is 12.1. The van der Waals surface area contributed by atoms with Crippen molar-refractivity contribution in [3.63, 3.8) is 0 Å². The van der Waals surface area contributed by atoms with Crippen molar-refractivity contribution < 1.29 is 9.59 Å². The number of hydrogen-bond donors (Lipinski definition) is 3. The van der Waals surface area contributed by atoms with Gasteiger partial charge in [-0.25, -0.2) is 5.84 Å². The molecule has 2 amide bonds. The zero-order chi connectivity index (χ0) is 14.5. The van der Waals surface area contributed by atoms with E-state index < -0.39 is 5.91 Å². The van der Waals surface area contributed by atoms with Crippen molar-refractivity contribution in [3.05, 3.63) is 64.7 Å². The molecular formula is C14H12ClN3O2. The van der Waals surface area contributed by atoms with Gasteiger partial charge in [-0.15, -0.1) is 0 Å². The summed E-state index contributed by atoms with van der Waals surface area (Å²) in [6, 6.07) is 13.0. The Bertz CT molecular complexity index is 641. The zero-order valence-electron chi connectivity index (χ0n) is 10.4. The van der Waals surface area contributed by atoms with E-state index in [-0.39, 0.29) is 11.5 Å². The van der Waals surface area contributed by atoms with Crippen molar-refractivity contribution in [2.24, 2.45) is 5.84 Å². The van der Waals surface area contributed by atoms with E-state index in [1.807, 2.05) is 5.43 Å². The van der Waals surface area contributed by atoms with Gasteiger partial charge < -0.3 is 5.32 Å². The molecule has 0 aliphatic rings. The first kappa shape index (κ1) is 14.0. The van der Waals surface area contributed by atoms with Crippen LogP contribution in [0.25, 0.3) is 0 Å². The highest BCUT2D eigenvalue weighted by Crippen LogP contribution is 2.17. The predicted octanol–water partition coefficient (Wildman–Crippen LogP) is 2.20. The summed E-state index contributed by atoms with van der Waals surface area (Å²) in [5.41, 5.74) is 3.15. The smallest absolute Gasteiger partial charge is 0.267 e. The number of halogens is 1. The van der Waals surface area contributed by atoms with E-state index in [0.29, 0.717) is 16.3 Å². The normalized spacial score (nSPS) is 9.90. The highest BCUT2D eigenvalue weighted by Gasteiger charge is 2.12. The van der Waals surface area contributed by atoms with Gasteiger partial charge in [0.2, 0.25) is 0 Å². The van der Waals surface area contributed by atoms with Gasteiger partial charge in [0.15, 0.2) is 0 Å². The maximum Gasteiger partial charge on any atom is 0.267 e. The first-order valence-electron chi connectivity index (χ1n) is 5.78. The highest BCUT2D eigenvalue weighted by atomic mass is 35.5. The number of carbonyl (C=O) groups excluding carboxylic acids is 2. The number of nitrogens with two attached hydrogens (primary N) is 1. The predicted molar refractivity (Wildman–Crippen MR) is 77.5 cm³/mol. The second-order valence-electron chi connectivity index (χ2n) is 3.98. The third kappa shape index (κ3) is 3.14. The Kier molecular flexibility index (Phi) is 4.34. The van der Waals surface area contributed by atoms with Crippen LogP contribution in [0.4, 0.5) is 5.69 Å². The largest absolute Gasteiger partial charge is 0.321 e. The number of hydrogen-bond acceptors (Lipinski definition) is 3. The van der Waals surface area contributed by atoms with Crippen LogP contribution < -0.4 is 16.6 Å². The fourth-order valence-corrected chi connectivity index (χ4v) is 1.79. The average molecular weight is 290 g/mol. The number of rotatable bonds is 3. The van der Waals surface area contributed by atoms with E-state index in [9.17, 15) is 9.59 Å². The highest BCUT2D eigenvalue weighted by molar-refractivity contribution is 6.30. The van der Waals surface area contributed by atoms with Gasteiger partial charge in [0.1, 0.15) is 0 Å². The van der Waals surface area contributed by atoms with Gasteiger partial charge in [-0.1, -0.05) is 23.7 Å². The zero-order valence-corrected chi connectivity index (χ0v) is 11.1. The number of nitrogens with one attached hydrogen (secondary N) is 2. The summed E-state index contributed by atoms with van der Waals surface area (Å²) in [4.78, 5) is 23.7. The quantitative estimate of drug-likeness (QED) is 0.460.